The molecule has 1 rings (SSSR count). The van der Waals surface area contributed by atoms with Gasteiger partial charge in [0, 0.05) is 19.5 Å². The molecule has 0 radical (unpaired) electrons. The number of halogens is 3. The molecule has 4 nitrogen and oxygen atoms in total. The smallest absolute Gasteiger partial charge is 0.391 e. The van der Waals surface area contributed by atoms with E-state index in [4.69, 9.17) is 5.11 Å². The van der Waals surface area contributed by atoms with E-state index in [1.807, 2.05) is 0 Å². The maximum Gasteiger partial charge on any atom is 0.391 e. The molecule has 0 saturated heterocycles. The Morgan fingerprint density at radius 3 is 2.15 bits per heavy atom. The second kappa shape index (κ2) is 6.45. The third kappa shape index (κ3) is 4.38. The third-order valence-electron chi connectivity index (χ3n) is 3.88. The lowest BCUT2D eigenvalue weighted by Gasteiger charge is -2.31. The van der Waals surface area contributed by atoms with Crippen LogP contribution in [0.3, 0.4) is 0 Å². The number of alkyl halides is 3. The molecule has 1 saturated carbocycles. The topological polar surface area (TPSA) is 57.6 Å². The van der Waals surface area contributed by atoms with Crippen molar-refractivity contribution in [3.8, 4) is 0 Å². The number of carboxylic acid groups (broad SMARTS) is 1. The van der Waals surface area contributed by atoms with Crippen molar-refractivity contribution in [1.29, 1.82) is 0 Å². The highest BCUT2D eigenvalue weighted by Crippen LogP contribution is 2.39. The zero-order chi connectivity index (χ0) is 15.5. The molecule has 0 aromatic heterocycles. The lowest BCUT2D eigenvalue weighted by atomic mass is 9.81. The summed E-state index contributed by atoms with van der Waals surface area (Å²) < 4.78 is 37.6. The number of rotatable bonds is 4. The van der Waals surface area contributed by atoms with Gasteiger partial charge in [0.15, 0.2) is 0 Å². The summed E-state index contributed by atoms with van der Waals surface area (Å²) in [7, 11) is 1.50. The van der Waals surface area contributed by atoms with Crippen LogP contribution in [0.2, 0.25) is 0 Å². The summed E-state index contributed by atoms with van der Waals surface area (Å²) in [6.45, 7) is 1.57. The molecule has 0 aromatic rings. The minimum Gasteiger partial charge on any atom is -0.481 e. The average Bonchev–Trinajstić information content (AvgIpc) is 2.36. The highest BCUT2D eigenvalue weighted by Gasteiger charge is 2.42. The number of nitrogens with zero attached hydrogens (tertiary/aromatic N) is 1. The Bertz CT molecular complexity index is 362. The third-order valence-corrected chi connectivity index (χ3v) is 3.88. The van der Waals surface area contributed by atoms with Crippen LogP contribution in [0, 0.1) is 17.8 Å². The normalized spacial score (nSPS) is 25.1. The molecule has 1 fully saturated rings. The van der Waals surface area contributed by atoms with Crippen molar-refractivity contribution < 1.29 is 27.9 Å². The molecule has 1 aliphatic rings. The number of carbonyl (C=O) groups excluding carboxylic acids is 1. The summed E-state index contributed by atoms with van der Waals surface area (Å²) in [6, 6.07) is 0. The summed E-state index contributed by atoms with van der Waals surface area (Å²) >= 11 is 0. The predicted molar refractivity (Wildman–Crippen MR) is 65.9 cm³/mol. The van der Waals surface area contributed by atoms with E-state index in [-0.39, 0.29) is 38.1 Å². The van der Waals surface area contributed by atoms with Gasteiger partial charge in [-0.3, -0.25) is 9.59 Å². The number of carbonyl (C=O) groups is 2. The molecule has 0 aromatic carbocycles. The summed E-state index contributed by atoms with van der Waals surface area (Å²) in [4.78, 5) is 24.1. The van der Waals surface area contributed by atoms with Gasteiger partial charge >= 0.3 is 12.1 Å². The molecule has 0 heterocycles. The van der Waals surface area contributed by atoms with Gasteiger partial charge in [0.1, 0.15) is 0 Å². The predicted octanol–water partition coefficient (Wildman–Crippen LogP) is 2.53. The van der Waals surface area contributed by atoms with Gasteiger partial charge in [-0.05, 0) is 25.7 Å². The molecule has 7 heteroatoms. The Kier molecular flexibility index (Phi) is 5.42. The minimum atomic E-state index is -4.18. The van der Waals surface area contributed by atoms with Crippen LogP contribution in [0.4, 0.5) is 13.2 Å². The number of hydrogen-bond donors (Lipinski definition) is 1. The van der Waals surface area contributed by atoms with Crippen molar-refractivity contribution in [3.05, 3.63) is 0 Å². The van der Waals surface area contributed by atoms with Crippen molar-refractivity contribution in [2.75, 3.05) is 13.6 Å². The first-order valence-corrected chi connectivity index (χ1v) is 6.67. The molecule has 1 unspecified atom stereocenters. The van der Waals surface area contributed by atoms with E-state index < -0.39 is 29.9 Å². The molecule has 20 heavy (non-hydrogen) atoms. The number of carboxylic acids is 1. The Morgan fingerprint density at radius 1 is 1.25 bits per heavy atom. The molecule has 0 bridgehead atoms. The van der Waals surface area contributed by atoms with Crippen LogP contribution in [0.1, 0.15) is 32.6 Å². The van der Waals surface area contributed by atoms with Crippen LogP contribution in [-0.4, -0.2) is 41.7 Å². The standard InChI is InChI=1S/C13H20F3NO3/c1-8(12(19)20)7-17(2)11(18)9-3-5-10(6-4-9)13(14,15)16/h8-10H,3-7H2,1-2H3,(H,19,20). The average molecular weight is 295 g/mol. The maximum absolute atomic E-state index is 12.5. The van der Waals surface area contributed by atoms with Gasteiger partial charge in [0.05, 0.1) is 11.8 Å². The highest BCUT2D eigenvalue weighted by molar-refractivity contribution is 5.79. The molecule has 1 aliphatic carbocycles. The van der Waals surface area contributed by atoms with Crippen LogP contribution < -0.4 is 0 Å². The van der Waals surface area contributed by atoms with Gasteiger partial charge < -0.3 is 10.0 Å². The first-order valence-electron chi connectivity index (χ1n) is 6.67. The minimum absolute atomic E-state index is 0.0256. The fraction of sp³-hybridized carbons (Fsp3) is 0.846. The molecule has 1 N–H and O–H groups in total. The SMILES string of the molecule is CC(CN(C)C(=O)C1CCC(C(F)(F)F)CC1)C(=O)O. The first kappa shape index (κ1) is 16.8. The number of aliphatic carboxylic acids is 1. The van der Waals surface area contributed by atoms with Crippen LogP contribution in [0.25, 0.3) is 0 Å². The molecular formula is C13H20F3NO3. The second-order valence-electron chi connectivity index (χ2n) is 5.55. The molecule has 1 amide bonds. The van der Waals surface area contributed by atoms with Crippen LogP contribution >= 0.6 is 0 Å². The fourth-order valence-electron chi connectivity index (χ4n) is 2.56. The van der Waals surface area contributed by atoms with E-state index >= 15 is 0 Å². The fourth-order valence-corrected chi connectivity index (χ4v) is 2.56. The monoisotopic (exact) mass is 295 g/mol. The molecule has 0 spiro atoms. The maximum atomic E-state index is 12.5. The van der Waals surface area contributed by atoms with E-state index in [9.17, 15) is 22.8 Å². The van der Waals surface area contributed by atoms with Crippen LogP contribution in [-0.2, 0) is 9.59 Å². The summed E-state index contributed by atoms with van der Waals surface area (Å²) in [5, 5.41) is 8.78. The summed E-state index contributed by atoms with van der Waals surface area (Å²) in [6.07, 6.45) is -3.80. The van der Waals surface area contributed by atoms with E-state index in [1.165, 1.54) is 18.9 Å². The summed E-state index contributed by atoms with van der Waals surface area (Å²) in [5.41, 5.74) is 0. The summed E-state index contributed by atoms with van der Waals surface area (Å²) in [5.74, 6) is -3.66. The highest BCUT2D eigenvalue weighted by atomic mass is 19.4. The van der Waals surface area contributed by atoms with Crippen molar-refractivity contribution >= 4 is 11.9 Å². The Labute approximate surface area is 115 Å². The largest absolute Gasteiger partial charge is 0.481 e. The van der Waals surface area contributed by atoms with Crippen molar-refractivity contribution in [2.24, 2.45) is 17.8 Å². The molecule has 0 aliphatic heterocycles. The number of hydrogen-bond acceptors (Lipinski definition) is 2. The van der Waals surface area contributed by atoms with Crippen molar-refractivity contribution in [3.63, 3.8) is 0 Å². The van der Waals surface area contributed by atoms with Gasteiger partial charge in [-0.25, -0.2) is 0 Å². The van der Waals surface area contributed by atoms with Gasteiger partial charge in [-0.1, -0.05) is 6.92 Å². The zero-order valence-corrected chi connectivity index (χ0v) is 11.6. The molecule has 1 atom stereocenters. The molecule has 116 valence electrons. The lowest BCUT2D eigenvalue weighted by molar-refractivity contribution is -0.185. The van der Waals surface area contributed by atoms with Gasteiger partial charge in [-0.15, -0.1) is 0 Å². The van der Waals surface area contributed by atoms with Crippen molar-refractivity contribution in [2.45, 2.75) is 38.8 Å². The van der Waals surface area contributed by atoms with Gasteiger partial charge in [0.2, 0.25) is 5.91 Å². The first-order chi connectivity index (χ1) is 9.12. The van der Waals surface area contributed by atoms with E-state index in [2.05, 4.69) is 0 Å². The van der Waals surface area contributed by atoms with Crippen LogP contribution in [0.5, 0.6) is 0 Å². The van der Waals surface area contributed by atoms with Gasteiger partial charge in [-0.2, -0.15) is 13.2 Å². The quantitative estimate of drug-likeness (QED) is 0.867. The second-order valence-corrected chi connectivity index (χ2v) is 5.55. The lowest BCUT2D eigenvalue weighted by Crippen LogP contribution is -2.40. The molecular weight excluding hydrogens is 275 g/mol. The van der Waals surface area contributed by atoms with E-state index in [1.54, 1.807) is 0 Å². The Balaban J connectivity index is 2.48. The van der Waals surface area contributed by atoms with Crippen LogP contribution in [0.15, 0.2) is 0 Å². The number of amides is 1. The van der Waals surface area contributed by atoms with Crippen molar-refractivity contribution in [1.82, 2.24) is 4.90 Å². The van der Waals surface area contributed by atoms with Gasteiger partial charge in [0.25, 0.3) is 0 Å². The van der Waals surface area contributed by atoms with E-state index in [0.717, 1.165) is 0 Å². The Morgan fingerprint density at radius 2 is 1.75 bits per heavy atom. The Hall–Kier alpha value is -1.27. The van der Waals surface area contributed by atoms with E-state index in [0.29, 0.717) is 0 Å². The zero-order valence-electron chi connectivity index (χ0n) is 11.6.